The molecule has 1 saturated heterocycles. The molecule has 0 saturated carbocycles. The molecule has 0 radical (unpaired) electrons. The van der Waals surface area contributed by atoms with Crippen molar-refractivity contribution in [3.63, 3.8) is 0 Å². The minimum absolute atomic E-state index is 0.192. The van der Waals surface area contributed by atoms with E-state index in [4.69, 9.17) is 9.47 Å². The fourth-order valence-electron chi connectivity index (χ4n) is 3.65. The van der Waals surface area contributed by atoms with Crippen molar-refractivity contribution in [2.24, 2.45) is 0 Å². The predicted octanol–water partition coefficient (Wildman–Crippen LogP) is 3.33. The van der Waals surface area contributed by atoms with Crippen molar-refractivity contribution in [3.05, 3.63) is 47.5 Å². The van der Waals surface area contributed by atoms with Crippen LogP contribution >= 0.6 is 0 Å². The largest absolute Gasteiger partial charge is 0.445 e. The van der Waals surface area contributed by atoms with Gasteiger partial charge in [0.25, 0.3) is 0 Å². The smallest absolute Gasteiger partial charge is 0.410 e. The third-order valence-corrected chi connectivity index (χ3v) is 5.04. The summed E-state index contributed by atoms with van der Waals surface area (Å²) in [6.45, 7) is 6.93. The number of benzene rings is 1. The number of aliphatic hydroxyl groups excluding tert-OH is 1. The molecule has 3 rings (SSSR count). The second-order valence-electron chi connectivity index (χ2n) is 8.55. The van der Waals surface area contributed by atoms with Gasteiger partial charge in [-0.25, -0.2) is 9.59 Å². The first-order chi connectivity index (χ1) is 13.7. The zero-order valence-corrected chi connectivity index (χ0v) is 17.3. The molecule has 2 atom stereocenters. The molecular weight excluding hydrogens is 372 g/mol. The first-order valence-electron chi connectivity index (χ1n) is 10.0. The lowest BCUT2D eigenvalue weighted by atomic mass is 9.98. The Morgan fingerprint density at radius 2 is 1.90 bits per heavy atom. The van der Waals surface area contributed by atoms with Crippen LogP contribution in [0.4, 0.5) is 9.59 Å². The molecule has 0 bridgehead atoms. The maximum Gasteiger partial charge on any atom is 0.410 e. The van der Waals surface area contributed by atoms with Crippen LogP contribution in [0.15, 0.2) is 42.0 Å². The Bertz CT molecular complexity index is 756. The molecule has 7 heteroatoms. The summed E-state index contributed by atoms with van der Waals surface area (Å²) in [6.07, 6.45) is 1.76. The van der Waals surface area contributed by atoms with E-state index in [2.05, 4.69) is 0 Å². The first kappa shape index (κ1) is 21.2. The van der Waals surface area contributed by atoms with Crippen LogP contribution in [0.3, 0.4) is 0 Å². The van der Waals surface area contributed by atoms with Gasteiger partial charge in [-0.3, -0.25) is 4.90 Å². The monoisotopic (exact) mass is 402 g/mol. The lowest BCUT2D eigenvalue weighted by Crippen LogP contribution is -2.43. The molecule has 2 aliphatic rings. The lowest BCUT2D eigenvalue weighted by molar-refractivity contribution is 0.0224. The molecule has 0 aromatic heterocycles. The number of carbonyl (C=O) groups excluding carboxylic acids is 2. The van der Waals surface area contributed by atoms with E-state index in [0.29, 0.717) is 25.9 Å². The summed E-state index contributed by atoms with van der Waals surface area (Å²) < 4.78 is 10.9. The van der Waals surface area contributed by atoms with Crippen molar-refractivity contribution < 1.29 is 24.2 Å². The van der Waals surface area contributed by atoms with Crippen LogP contribution in [0.1, 0.15) is 39.2 Å². The van der Waals surface area contributed by atoms with E-state index < -0.39 is 17.8 Å². The van der Waals surface area contributed by atoms with Gasteiger partial charge in [-0.05, 0) is 44.7 Å². The molecule has 1 fully saturated rings. The molecule has 7 nitrogen and oxygen atoms in total. The van der Waals surface area contributed by atoms with Crippen LogP contribution in [-0.2, 0) is 16.1 Å². The van der Waals surface area contributed by atoms with E-state index in [1.807, 2.05) is 57.2 Å². The van der Waals surface area contributed by atoms with Gasteiger partial charge in [0.1, 0.15) is 12.2 Å². The number of likely N-dealkylation sites (tertiary alicyclic amines) is 1. The van der Waals surface area contributed by atoms with E-state index >= 15 is 0 Å². The second kappa shape index (κ2) is 8.86. The van der Waals surface area contributed by atoms with Gasteiger partial charge in [0.05, 0.1) is 18.7 Å². The van der Waals surface area contributed by atoms with Crippen molar-refractivity contribution in [2.45, 2.75) is 58.0 Å². The maximum absolute atomic E-state index is 12.5. The van der Waals surface area contributed by atoms with Crippen LogP contribution in [0, 0.1) is 0 Å². The van der Waals surface area contributed by atoms with Crippen LogP contribution in [-0.4, -0.2) is 64.5 Å². The molecule has 2 heterocycles. The minimum atomic E-state index is -0.588. The van der Waals surface area contributed by atoms with E-state index in [1.165, 1.54) is 0 Å². The first-order valence-corrected chi connectivity index (χ1v) is 10.0. The fourth-order valence-corrected chi connectivity index (χ4v) is 3.65. The molecule has 1 aromatic carbocycles. The van der Waals surface area contributed by atoms with Crippen LogP contribution in [0.2, 0.25) is 0 Å². The summed E-state index contributed by atoms with van der Waals surface area (Å²) in [5, 5.41) is 10.1. The standard InChI is InChI=1S/C22H30N2O5/c1-22(2,3)29-21(27)24-14-18(25)13-19(24)17-9-11-23(12-10-17)20(26)28-15-16-7-5-4-6-8-16/h4-9,18-19,25H,10-15H2,1-3H3/t18-,19+/m1/s1. The Labute approximate surface area is 171 Å². The SMILES string of the molecule is CC(C)(C)OC(=O)N1C[C@H](O)C[C@H]1C1=CCN(C(=O)OCc2ccccc2)CC1. The average Bonchev–Trinajstić information content (AvgIpc) is 3.08. The summed E-state index contributed by atoms with van der Waals surface area (Å²) in [5.41, 5.74) is 1.41. The maximum atomic E-state index is 12.5. The van der Waals surface area contributed by atoms with Crippen molar-refractivity contribution in [1.82, 2.24) is 9.80 Å². The van der Waals surface area contributed by atoms with Crippen LogP contribution in [0.25, 0.3) is 0 Å². The Kier molecular flexibility index (Phi) is 6.47. The number of amides is 2. The summed E-state index contributed by atoms with van der Waals surface area (Å²) in [4.78, 5) is 28.1. The van der Waals surface area contributed by atoms with E-state index in [-0.39, 0.29) is 25.3 Å². The molecule has 1 aromatic rings. The highest BCUT2D eigenvalue weighted by Gasteiger charge is 2.39. The van der Waals surface area contributed by atoms with Crippen LogP contribution in [0.5, 0.6) is 0 Å². The molecule has 1 N–H and O–H groups in total. The highest BCUT2D eigenvalue weighted by molar-refractivity contribution is 5.70. The average molecular weight is 402 g/mol. The second-order valence-corrected chi connectivity index (χ2v) is 8.55. The van der Waals surface area contributed by atoms with Gasteiger partial charge in [0.15, 0.2) is 0 Å². The quantitative estimate of drug-likeness (QED) is 0.785. The van der Waals surface area contributed by atoms with Gasteiger partial charge in [0.2, 0.25) is 0 Å². The fraction of sp³-hybridized carbons (Fsp3) is 0.545. The summed E-state index contributed by atoms with van der Waals surface area (Å²) in [5.74, 6) is 0. The molecule has 29 heavy (non-hydrogen) atoms. The lowest BCUT2D eigenvalue weighted by Gasteiger charge is -2.33. The minimum Gasteiger partial charge on any atom is -0.445 e. The van der Waals surface area contributed by atoms with Gasteiger partial charge >= 0.3 is 12.2 Å². The highest BCUT2D eigenvalue weighted by Crippen LogP contribution is 2.29. The summed E-state index contributed by atoms with van der Waals surface area (Å²) in [7, 11) is 0. The molecule has 0 aliphatic carbocycles. The topological polar surface area (TPSA) is 79.3 Å². The van der Waals surface area contributed by atoms with Gasteiger partial charge < -0.3 is 19.5 Å². The molecule has 158 valence electrons. The van der Waals surface area contributed by atoms with E-state index in [1.54, 1.807) is 9.80 Å². The van der Waals surface area contributed by atoms with Crippen molar-refractivity contribution >= 4 is 12.2 Å². The Morgan fingerprint density at radius 3 is 2.52 bits per heavy atom. The van der Waals surface area contributed by atoms with Crippen LogP contribution < -0.4 is 0 Å². The predicted molar refractivity (Wildman–Crippen MR) is 108 cm³/mol. The number of ether oxygens (including phenoxy) is 2. The highest BCUT2D eigenvalue weighted by atomic mass is 16.6. The Balaban J connectivity index is 1.57. The Hall–Kier alpha value is -2.54. The molecule has 2 aliphatic heterocycles. The normalized spacial score (nSPS) is 22.3. The number of nitrogens with zero attached hydrogens (tertiary/aromatic N) is 2. The van der Waals surface area contributed by atoms with Gasteiger partial charge in [-0.2, -0.15) is 0 Å². The molecular formula is C22H30N2O5. The van der Waals surface area contributed by atoms with Gasteiger partial charge in [-0.15, -0.1) is 0 Å². The van der Waals surface area contributed by atoms with Crippen molar-refractivity contribution in [3.8, 4) is 0 Å². The van der Waals surface area contributed by atoms with Crippen molar-refractivity contribution in [2.75, 3.05) is 19.6 Å². The van der Waals surface area contributed by atoms with E-state index in [0.717, 1.165) is 11.1 Å². The Morgan fingerprint density at radius 1 is 1.17 bits per heavy atom. The van der Waals surface area contributed by atoms with Crippen molar-refractivity contribution in [1.29, 1.82) is 0 Å². The summed E-state index contributed by atoms with van der Waals surface area (Å²) in [6, 6.07) is 9.37. The van der Waals surface area contributed by atoms with E-state index in [9.17, 15) is 14.7 Å². The third-order valence-electron chi connectivity index (χ3n) is 5.04. The van der Waals surface area contributed by atoms with Gasteiger partial charge in [-0.1, -0.05) is 36.4 Å². The zero-order chi connectivity index (χ0) is 21.0. The number of hydrogen-bond acceptors (Lipinski definition) is 5. The number of aliphatic hydroxyl groups is 1. The third kappa shape index (κ3) is 5.73. The molecule has 0 unspecified atom stereocenters. The molecule has 2 amide bonds. The number of hydrogen-bond donors (Lipinski definition) is 1. The number of carbonyl (C=O) groups is 2. The number of rotatable bonds is 3. The number of β-amino-alcohol motifs (C(OH)–C–C–N with tert-alkyl or cyclic N) is 1. The summed E-state index contributed by atoms with van der Waals surface area (Å²) >= 11 is 0. The van der Waals surface area contributed by atoms with Gasteiger partial charge in [0, 0.05) is 13.1 Å². The molecule has 0 spiro atoms. The zero-order valence-electron chi connectivity index (χ0n) is 17.3.